The number of methoxy groups -OCH3 is 1. The third-order valence-corrected chi connectivity index (χ3v) is 8.71. The van der Waals surface area contributed by atoms with Crippen molar-refractivity contribution in [2.24, 2.45) is 5.92 Å². The minimum Gasteiger partial charge on any atom is -0.481 e. The van der Waals surface area contributed by atoms with E-state index in [2.05, 4.69) is 44.7 Å². The summed E-state index contributed by atoms with van der Waals surface area (Å²) in [4.78, 5) is 77.7. The summed E-state index contributed by atoms with van der Waals surface area (Å²) < 4.78 is 7.20. The van der Waals surface area contributed by atoms with Crippen LogP contribution < -0.4 is 26.0 Å². The molecule has 14 heteroatoms. The minimum atomic E-state index is -1.05. The minimum absolute atomic E-state index is 0.0184. The summed E-state index contributed by atoms with van der Waals surface area (Å²) in [5.74, 6) is -0.829. The second kappa shape index (κ2) is 17.4. The van der Waals surface area contributed by atoms with Crippen molar-refractivity contribution < 1.29 is 28.7 Å². The maximum Gasteiger partial charge on any atom is 0.255 e. The molecular formula is C38H46N8O6. The number of carbonyl (C=O) groups excluding carboxylic acids is 5. The lowest BCUT2D eigenvalue weighted by molar-refractivity contribution is -0.132. The molecule has 5 rings (SSSR count). The number of benzene rings is 2. The van der Waals surface area contributed by atoms with E-state index in [4.69, 9.17) is 9.72 Å². The Morgan fingerprint density at radius 1 is 0.942 bits per heavy atom. The highest BCUT2D eigenvalue weighted by Crippen LogP contribution is 2.21. The Morgan fingerprint density at radius 3 is 2.44 bits per heavy atom. The van der Waals surface area contributed by atoms with Crippen LogP contribution in [0, 0.1) is 5.92 Å². The van der Waals surface area contributed by atoms with Gasteiger partial charge in [-0.1, -0.05) is 44.2 Å². The second-order valence-electron chi connectivity index (χ2n) is 13.2. The van der Waals surface area contributed by atoms with E-state index < -0.39 is 36.3 Å². The largest absolute Gasteiger partial charge is 0.481 e. The third kappa shape index (κ3) is 9.71. The average Bonchev–Trinajstić information content (AvgIpc) is 3.47. The second-order valence-corrected chi connectivity index (χ2v) is 13.2. The van der Waals surface area contributed by atoms with Gasteiger partial charge in [-0.3, -0.25) is 24.0 Å². The van der Waals surface area contributed by atoms with Gasteiger partial charge in [0.2, 0.25) is 23.6 Å². The Bertz CT molecular complexity index is 1890. The van der Waals surface area contributed by atoms with Crippen LogP contribution in [0.3, 0.4) is 0 Å². The molecule has 0 spiro atoms. The number of imidazole rings is 1. The van der Waals surface area contributed by atoms with E-state index in [1.165, 1.54) is 30.3 Å². The first kappa shape index (κ1) is 37.5. The number of carbonyl (C=O) groups is 5. The van der Waals surface area contributed by atoms with Crippen LogP contribution in [0.4, 0.5) is 0 Å². The number of aromatic nitrogens is 3. The molecule has 0 aliphatic carbocycles. The van der Waals surface area contributed by atoms with Gasteiger partial charge in [-0.05, 0) is 49.1 Å². The van der Waals surface area contributed by atoms with Crippen LogP contribution in [0.5, 0.6) is 5.88 Å². The van der Waals surface area contributed by atoms with E-state index in [0.717, 1.165) is 28.8 Å². The van der Waals surface area contributed by atoms with Crippen LogP contribution in [-0.2, 0) is 33.8 Å². The molecule has 0 fully saturated rings. The Hall–Kier alpha value is -5.79. The first-order chi connectivity index (χ1) is 25.0. The number of hydrogen-bond acceptors (Lipinski definition) is 8. The molecule has 274 valence electrons. The molecule has 0 saturated heterocycles. The molecule has 1 aliphatic rings. The predicted molar refractivity (Wildman–Crippen MR) is 195 cm³/mol. The molecule has 4 aromatic rings. The number of amides is 5. The van der Waals surface area contributed by atoms with Gasteiger partial charge in [0.05, 0.1) is 30.3 Å². The first-order valence-electron chi connectivity index (χ1n) is 17.5. The van der Waals surface area contributed by atoms with Gasteiger partial charge >= 0.3 is 0 Å². The molecule has 14 nitrogen and oxygen atoms in total. The lowest BCUT2D eigenvalue weighted by Crippen LogP contribution is -2.55. The van der Waals surface area contributed by atoms with E-state index in [-0.39, 0.29) is 36.9 Å². The van der Waals surface area contributed by atoms with Crippen LogP contribution in [0.1, 0.15) is 59.3 Å². The molecule has 1 aliphatic heterocycles. The standard InChI is InChI=1S/C38H46N8O6/c1-24(2)19-32-43-29-13-11-27-21-31(29)46(32)17-8-15-39-35(48)25(3)42-37(50)30(20-26-9-6-5-7-10-26)44-33(47)23-45(18-16-40-36(27)49)38(51)28-12-14-34(52-4)41-22-28/h5-7,9-14,21-22,24-25,30H,8,15-20,23H2,1-4H3,(H,39,48)(H,40,49)(H,42,50)(H,44,47)/t25-,30+/m1/s1. The Kier molecular flexibility index (Phi) is 12.6. The summed E-state index contributed by atoms with van der Waals surface area (Å²) in [5, 5.41) is 11.3. The molecule has 3 heterocycles. The molecule has 0 saturated carbocycles. The van der Waals surface area contributed by atoms with E-state index in [1.807, 2.05) is 36.4 Å². The zero-order valence-electron chi connectivity index (χ0n) is 30.0. The van der Waals surface area contributed by atoms with E-state index in [9.17, 15) is 24.0 Å². The van der Waals surface area contributed by atoms with Gasteiger partial charge in [-0.2, -0.15) is 0 Å². The molecular weight excluding hydrogens is 664 g/mol. The smallest absolute Gasteiger partial charge is 0.255 e. The van der Waals surface area contributed by atoms with E-state index >= 15 is 0 Å². The quantitative estimate of drug-likeness (QED) is 0.236. The molecule has 2 aromatic carbocycles. The summed E-state index contributed by atoms with van der Waals surface area (Å²) in [6.45, 7) is 6.31. The van der Waals surface area contributed by atoms with Gasteiger partial charge in [-0.25, -0.2) is 9.97 Å². The SMILES string of the molecule is COc1ccc(C(=O)N2CCNC(=O)c3ccc4nc(CC(C)C)n(c4c3)CCCNC(=O)[C@@H](C)NC(=O)[C@H](Cc3ccccc3)NC(=O)C2)cn1. The molecule has 2 bridgehead atoms. The number of ether oxygens (including phenoxy) is 1. The topological polar surface area (TPSA) is 177 Å². The van der Waals surface area contributed by atoms with E-state index in [1.54, 1.807) is 19.1 Å². The highest BCUT2D eigenvalue weighted by atomic mass is 16.5. The normalized spacial score (nSPS) is 18.3. The summed E-state index contributed by atoms with van der Waals surface area (Å²) in [6, 6.07) is 15.6. The van der Waals surface area contributed by atoms with Crippen LogP contribution in [-0.4, -0.2) is 94.3 Å². The molecule has 5 amide bonds. The molecule has 2 aromatic heterocycles. The Balaban J connectivity index is 1.45. The van der Waals surface area contributed by atoms with Crippen LogP contribution in [0.2, 0.25) is 0 Å². The fourth-order valence-electron chi connectivity index (χ4n) is 6.01. The number of rotatable bonds is 6. The predicted octanol–water partition coefficient (Wildman–Crippen LogP) is 2.26. The summed E-state index contributed by atoms with van der Waals surface area (Å²) in [5.41, 5.74) is 2.97. The number of aryl methyl sites for hydroxylation is 1. The molecule has 2 atom stereocenters. The molecule has 4 N–H and O–H groups in total. The average molecular weight is 711 g/mol. The zero-order chi connectivity index (χ0) is 37.2. The summed E-state index contributed by atoms with van der Waals surface area (Å²) >= 11 is 0. The van der Waals surface area contributed by atoms with Crippen LogP contribution >= 0.6 is 0 Å². The highest BCUT2D eigenvalue weighted by molar-refractivity contribution is 5.99. The van der Waals surface area contributed by atoms with Crippen molar-refractivity contribution in [2.75, 3.05) is 33.3 Å². The number of nitrogens with one attached hydrogen (secondary N) is 4. The number of nitrogens with zero attached hydrogens (tertiary/aromatic N) is 4. The van der Waals surface area contributed by atoms with Gasteiger partial charge in [0.15, 0.2) is 0 Å². The van der Waals surface area contributed by atoms with Gasteiger partial charge in [0, 0.05) is 56.8 Å². The zero-order valence-corrected chi connectivity index (χ0v) is 30.0. The molecule has 52 heavy (non-hydrogen) atoms. The van der Waals surface area contributed by atoms with Crippen molar-refractivity contribution in [1.29, 1.82) is 0 Å². The third-order valence-electron chi connectivity index (χ3n) is 8.71. The van der Waals surface area contributed by atoms with Crippen molar-refractivity contribution in [2.45, 2.75) is 58.7 Å². The highest BCUT2D eigenvalue weighted by Gasteiger charge is 2.27. The Labute approximate surface area is 302 Å². The van der Waals surface area contributed by atoms with E-state index in [0.29, 0.717) is 36.9 Å². The summed E-state index contributed by atoms with van der Waals surface area (Å²) in [6.07, 6.45) is 2.81. The van der Waals surface area contributed by atoms with Gasteiger partial charge in [-0.15, -0.1) is 0 Å². The van der Waals surface area contributed by atoms with Crippen molar-refractivity contribution in [1.82, 2.24) is 40.7 Å². The van der Waals surface area contributed by atoms with Crippen molar-refractivity contribution in [3.63, 3.8) is 0 Å². The van der Waals surface area contributed by atoms with Gasteiger partial charge in [0.1, 0.15) is 17.9 Å². The first-order valence-corrected chi connectivity index (χ1v) is 17.5. The number of hydrogen-bond donors (Lipinski definition) is 4. The van der Waals surface area contributed by atoms with Crippen molar-refractivity contribution >= 4 is 40.6 Å². The fraction of sp³-hybridized carbons (Fsp3) is 0.395. The molecule has 0 unspecified atom stereocenters. The maximum absolute atomic E-state index is 13.7. The maximum atomic E-state index is 13.7. The van der Waals surface area contributed by atoms with Gasteiger partial charge < -0.3 is 35.5 Å². The lowest BCUT2D eigenvalue weighted by atomic mass is 10.0. The van der Waals surface area contributed by atoms with Crippen LogP contribution in [0.15, 0.2) is 66.9 Å². The van der Waals surface area contributed by atoms with Gasteiger partial charge in [0.25, 0.3) is 11.8 Å². The summed E-state index contributed by atoms with van der Waals surface area (Å²) in [7, 11) is 1.46. The van der Waals surface area contributed by atoms with Crippen LogP contribution in [0.25, 0.3) is 11.0 Å². The number of fused-ring (bicyclic) bond motifs is 1. The van der Waals surface area contributed by atoms with Crippen molar-refractivity contribution in [3.05, 3.63) is 89.4 Å². The lowest BCUT2D eigenvalue weighted by Gasteiger charge is -2.25. The van der Waals surface area contributed by atoms with Crippen molar-refractivity contribution in [3.8, 4) is 5.88 Å². The Morgan fingerprint density at radius 2 is 1.73 bits per heavy atom. The monoisotopic (exact) mass is 710 g/mol. The number of pyridine rings is 1. The fourth-order valence-corrected chi connectivity index (χ4v) is 6.01. The molecule has 0 radical (unpaired) electrons.